The molecule has 2 aromatic heterocycles. The fourth-order valence-corrected chi connectivity index (χ4v) is 2.21. The Labute approximate surface area is 137 Å². The van der Waals surface area contributed by atoms with Gasteiger partial charge < -0.3 is 9.73 Å². The molecule has 7 heteroatoms. The predicted molar refractivity (Wildman–Crippen MR) is 86.6 cm³/mol. The van der Waals surface area contributed by atoms with E-state index >= 15 is 0 Å². The quantitative estimate of drug-likeness (QED) is 0.730. The van der Waals surface area contributed by atoms with E-state index < -0.39 is 0 Å². The van der Waals surface area contributed by atoms with Crippen molar-refractivity contribution in [1.29, 1.82) is 0 Å². The van der Waals surface area contributed by atoms with Gasteiger partial charge in [0.1, 0.15) is 5.69 Å². The van der Waals surface area contributed by atoms with Gasteiger partial charge in [0.05, 0.1) is 12.0 Å². The molecule has 3 aromatic rings. The van der Waals surface area contributed by atoms with Crippen molar-refractivity contribution in [3.8, 4) is 17.1 Å². The first-order valence-electron chi connectivity index (χ1n) is 6.85. The highest BCUT2D eigenvalue weighted by Crippen LogP contribution is 2.26. The second-order valence-electron chi connectivity index (χ2n) is 4.65. The summed E-state index contributed by atoms with van der Waals surface area (Å²) in [6.07, 6.45) is 3.12. The molecule has 0 radical (unpaired) electrons. The molecule has 0 aliphatic rings. The Bertz CT molecular complexity index is 822. The molecule has 0 saturated carbocycles. The van der Waals surface area contributed by atoms with Crippen LogP contribution in [0.3, 0.4) is 0 Å². The molecule has 6 nitrogen and oxygen atoms in total. The third-order valence-corrected chi connectivity index (χ3v) is 3.37. The Morgan fingerprint density at radius 2 is 2.13 bits per heavy atom. The van der Waals surface area contributed by atoms with Gasteiger partial charge in [0.15, 0.2) is 11.5 Å². The molecule has 0 unspecified atom stereocenters. The molecule has 3 rings (SSSR count). The summed E-state index contributed by atoms with van der Waals surface area (Å²) in [5.74, 6) is 0.144. The highest BCUT2D eigenvalue weighted by atomic mass is 35.5. The highest BCUT2D eigenvalue weighted by Gasteiger charge is 2.23. The number of amides is 1. The van der Waals surface area contributed by atoms with Gasteiger partial charge in [-0.25, -0.2) is 4.68 Å². The van der Waals surface area contributed by atoms with Crippen LogP contribution in [0.5, 0.6) is 0 Å². The van der Waals surface area contributed by atoms with Crippen LogP contribution in [0.4, 0.5) is 0 Å². The summed E-state index contributed by atoms with van der Waals surface area (Å²) in [4.78, 5) is 12.3. The van der Waals surface area contributed by atoms with Gasteiger partial charge in [-0.05, 0) is 36.4 Å². The maximum absolute atomic E-state index is 12.3. The molecule has 1 aromatic carbocycles. The molecular formula is C16H13ClN4O2. The minimum atomic E-state index is -0.350. The van der Waals surface area contributed by atoms with E-state index in [1.807, 2.05) is 0 Å². The number of rotatable bonds is 5. The van der Waals surface area contributed by atoms with E-state index in [0.717, 1.165) is 5.69 Å². The zero-order valence-electron chi connectivity index (χ0n) is 12.1. The number of carbonyl (C=O) groups excluding carboxylic acids is 1. The van der Waals surface area contributed by atoms with E-state index in [1.165, 1.54) is 10.9 Å². The summed E-state index contributed by atoms with van der Waals surface area (Å²) in [5.41, 5.74) is 1.37. The molecule has 116 valence electrons. The van der Waals surface area contributed by atoms with E-state index in [-0.39, 0.29) is 11.6 Å². The third kappa shape index (κ3) is 3.02. The minimum Gasteiger partial charge on any atom is -0.463 e. The number of hydrogen-bond donors (Lipinski definition) is 1. The first kappa shape index (κ1) is 15.1. The molecule has 0 bridgehead atoms. The molecule has 0 atom stereocenters. The first-order chi connectivity index (χ1) is 11.2. The van der Waals surface area contributed by atoms with Crippen LogP contribution < -0.4 is 5.32 Å². The van der Waals surface area contributed by atoms with Gasteiger partial charge in [-0.1, -0.05) is 22.9 Å². The summed E-state index contributed by atoms with van der Waals surface area (Å²) in [5, 5.41) is 11.4. The Kier molecular flexibility index (Phi) is 4.25. The predicted octanol–water partition coefficient (Wildman–Crippen LogP) is 3.10. The summed E-state index contributed by atoms with van der Waals surface area (Å²) in [6.45, 7) is 3.91. The molecule has 1 N–H and O–H groups in total. The van der Waals surface area contributed by atoms with Crippen LogP contribution in [-0.4, -0.2) is 27.4 Å². The number of aromatic nitrogens is 3. The van der Waals surface area contributed by atoms with Gasteiger partial charge in [-0.2, -0.15) is 0 Å². The van der Waals surface area contributed by atoms with Crippen LogP contribution in [0.25, 0.3) is 17.1 Å². The monoisotopic (exact) mass is 328 g/mol. The van der Waals surface area contributed by atoms with E-state index in [2.05, 4.69) is 22.2 Å². The molecule has 1 amide bonds. The second kappa shape index (κ2) is 6.50. The highest BCUT2D eigenvalue weighted by molar-refractivity contribution is 6.30. The lowest BCUT2D eigenvalue weighted by Gasteiger charge is -2.06. The van der Waals surface area contributed by atoms with Crippen LogP contribution in [0.15, 0.2) is 59.7 Å². The number of nitrogens with zero attached hydrogens (tertiary/aromatic N) is 3. The Morgan fingerprint density at radius 1 is 1.35 bits per heavy atom. The fourth-order valence-electron chi connectivity index (χ4n) is 2.08. The molecule has 0 fully saturated rings. The van der Waals surface area contributed by atoms with Crippen molar-refractivity contribution in [2.75, 3.05) is 6.54 Å². The van der Waals surface area contributed by atoms with E-state index in [1.54, 1.807) is 42.5 Å². The summed E-state index contributed by atoms with van der Waals surface area (Å²) >= 11 is 5.91. The Hall–Kier alpha value is -2.86. The van der Waals surface area contributed by atoms with Gasteiger partial charge in [-0.3, -0.25) is 4.79 Å². The van der Waals surface area contributed by atoms with Crippen LogP contribution in [-0.2, 0) is 0 Å². The minimum absolute atomic E-state index is 0.178. The lowest BCUT2D eigenvalue weighted by Crippen LogP contribution is -2.24. The number of furan rings is 1. The summed E-state index contributed by atoms with van der Waals surface area (Å²) in [7, 11) is 0. The number of carbonyl (C=O) groups is 1. The van der Waals surface area contributed by atoms with Crippen molar-refractivity contribution in [3.05, 3.63) is 66.0 Å². The zero-order chi connectivity index (χ0) is 16.2. The van der Waals surface area contributed by atoms with E-state index in [4.69, 9.17) is 16.0 Å². The smallest absolute Gasteiger partial charge is 0.274 e. The maximum atomic E-state index is 12.3. The SMILES string of the molecule is C=CCNC(=O)c1nnn(-c2ccc(Cl)cc2)c1-c1ccco1. The first-order valence-corrected chi connectivity index (χ1v) is 7.23. The standard InChI is InChI=1S/C16H13ClN4O2/c1-2-9-18-16(22)14-15(13-4-3-10-23-13)21(20-19-14)12-7-5-11(17)6-8-12/h2-8,10H,1,9H2,(H,18,22). The van der Waals surface area contributed by atoms with Crippen molar-refractivity contribution in [2.24, 2.45) is 0 Å². The lowest BCUT2D eigenvalue weighted by molar-refractivity contribution is 0.0953. The number of hydrogen-bond acceptors (Lipinski definition) is 4. The normalized spacial score (nSPS) is 10.5. The largest absolute Gasteiger partial charge is 0.463 e. The Morgan fingerprint density at radius 3 is 2.78 bits per heavy atom. The molecule has 2 heterocycles. The number of halogens is 1. The van der Waals surface area contributed by atoms with Crippen LogP contribution in [0, 0.1) is 0 Å². The maximum Gasteiger partial charge on any atom is 0.274 e. The van der Waals surface area contributed by atoms with Crippen molar-refractivity contribution < 1.29 is 9.21 Å². The van der Waals surface area contributed by atoms with Crippen molar-refractivity contribution >= 4 is 17.5 Å². The fraction of sp³-hybridized carbons (Fsp3) is 0.0625. The average Bonchev–Trinajstić information content (AvgIpc) is 3.22. The zero-order valence-corrected chi connectivity index (χ0v) is 12.8. The molecule has 0 saturated heterocycles. The van der Waals surface area contributed by atoms with Crippen molar-refractivity contribution in [3.63, 3.8) is 0 Å². The lowest BCUT2D eigenvalue weighted by atomic mass is 10.2. The molecule has 0 aliphatic carbocycles. The third-order valence-electron chi connectivity index (χ3n) is 3.12. The summed E-state index contributed by atoms with van der Waals surface area (Å²) < 4.78 is 6.97. The molecule has 23 heavy (non-hydrogen) atoms. The van der Waals surface area contributed by atoms with Crippen LogP contribution >= 0.6 is 11.6 Å². The van der Waals surface area contributed by atoms with Crippen LogP contribution in [0.1, 0.15) is 10.5 Å². The van der Waals surface area contributed by atoms with Crippen molar-refractivity contribution in [1.82, 2.24) is 20.3 Å². The molecule has 0 aliphatic heterocycles. The summed E-state index contributed by atoms with van der Waals surface area (Å²) in [6, 6.07) is 10.5. The number of benzene rings is 1. The number of nitrogens with one attached hydrogen (secondary N) is 1. The van der Waals surface area contributed by atoms with Gasteiger partial charge in [0.25, 0.3) is 5.91 Å². The average molecular weight is 329 g/mol. The Balaban J connectivity index is 2.10. The van der Waals surface area contributed by atoms with Crippen LogP contribution in [0.2, 0.25) is 5.02 Å². The van der Waals surface area contributed by atoms with Gasteiger partial charge >= 0.3 is 0 Å². The molecular weight excluding hydrogens is 316 g/mol. The van der Waals surface area contributed by atoms with E-state index in [9.17, 15) is 4.79 Å². The van der Waals surface area contributed by atoms with Gasteiger partial charge in [-0.15, -0.1) is 11.7 Å². The van der Waals surface area contributed by atoms with E-state index in [0.29, 0.717) is 23.0 Å². The topological polar surface area (TPSA) is 73.0 Å². The second-order valence-corrected chi connectivity index (χ2v) is 5.09. The molecule has 0 spiro atoms. The van der Waals surface area contributed by atoms with Gasteiger partial charge in [0, 0.05) is 11.6 Å². The van der Waals surface area contributed by atoms with Crippen molar-refractivity contribution in [2.45, 2.75) is 0 Å². The van der Waals surface area contributed by atoms with Gasteiger partial charge in [0.2, 0.25) is 0 Å².